The van der Waals surface area contributed by atoms with Crippen LogP contribution in [0, 0.1) is 17.0 Å². The molecule has 0 radical (unpaired) electrons. The number of carbonyl (C=O) groups excluding carboxylic acids is 1. The van der Waals surface area contributed by atoms with Crippen LogP contribution in [0.4, 0.5) is 11.4 Å². The highest BCUT2D eigenvalue weighted by Gasteiger charge is 2.15. The highest BCUT2D eigenvalue weighted by Crippen LogP contribution is 2.17. The van der Waals surface area contributed by atoms with Gasteiger partial charge in [-0.2, -0.15) is 0 Å². The first kappa shape index (κ1) is 14.3. The number of rotatable bonds is 4. The predicted octanol–water partition coefficient (Wildman–Crippen LogP) is 2.18. The summed E-state index contributed by atoms with van der Waals surface area (Å²) in [5.74, 6) is -1.60. The van der Waals surface area contributed by atoms with Gasteiger partial charge in [-0.25, -0.2) is 4.79 Å². The summed E-state index contributed by atoms with van der Waals surface area (Å²) < 4.78 is 0. The molecule has 0 aliphatic carbocycles. The molecule has 0 unspecified atom stereocenters. The molecule has 0 atom stereocenters. The molecule has 0 spiro atoms. The Kier molecular flexibility index (Phi) is 3.70. The molecule has 2 rings (SSSR count). The lowest BCUT2D eigenvalue weighted by molar-refractivity contribution is -0.384. The minimum Gasteiger partial charge on any atom is -0.478 e. The Bertz CT molecular complexity index is 735. The van der Waals surface area contributed by atoms with Crippen LogP contribution in [-0.4, -0.2) is 26.9 Å². The summed E-state index contributed by atoms with van der Waals surface area (Å²) in [5, 5.41) is 22.0. The van der Waals surface area contributed by atoms with E-state index in [1.54, 1.807) is 6.92 Å². The number of aromatic amines is 1. The number of amides is 1. The third kappa shape index (κ3) is 3.06. The number of nitrogens with one attached hydrogen (secondary N) is 2. The molecule has 1 heterocycles. The second-order valence-corrected chi connectivity index (χ2v) is 4.32. The molecule has 0 aliphatic rings. The summed E-state index contributed by atoms with van der Waals surface area (Å²) in [7, 11) is 0. The van der Waals surface area contributed by atoms with Crippen LogP contribution in [0.5, 0.6) is 0 Å². The van der Waals surface area contributed by atoms with E-state index in [0.29, 0.717) is 11.3 Å². The number of nitro groups is 1. The van der Waals surface area contributed by atoms with Crippen molar-refractivity contribution < 1.29 is 19.6 Å². The molecule has 1 aromatic heterocycles. The molecule has 1 aromatic carbocycles. The zero-order valence-corrected chi connectivity index (χ0v) is 10.9. The lowest BCUT2D eigenvalue weighted by atomic mass is 10.1. The summed E-state index contributed by atoms with van der Waals surface area (Å²) >= 11 is 0. The van der Waals surface area contributed by atoms with E-state index in [4.69, 9.17) is 5.11 Å². The molecule has 8 heteroatoms. The van der Waals surface area contributed by atoms with Crippen LogP contribution >= 0.6 is 0 Å². The summed E-state index contributed by atoms with van der Waals surface area (Å²) in [6.45, 7) is 1.61. The molecule has 21 heavy (non-hydrogen) atoms. The standard InChI is InChI=1S/C13H11N3O5/c1-7-4-8(2-3-10(7)13(18)19)15-12(17)11-5-9(6-14-11)16(20)21/h2-6,14H,1H3,(H,15,17)(H,18,19). The van der Waals surface area contributed by atoms with Gasteiger partial charge in [0.05, 0.1) is 16.7 Å². The van der Waals surface area contributed by atoms with E-state index in [1.807, 2.05) is 0 Å². The van der Waals surface area contributed by atoms with Gasteiger partial charge in [0, 0.05) is 11.8 Å². The van der Waals surface area contributed by atoms with E-state index in [1.165, 1.54) is 18.2 Å². The molecule has 2 aromatic rings. The van der Waals surface area contributed by atoms with Gasteiger partial charge in [-0.1, -0.05) is 0 Å². The Labute approximate surface area is 118 Å². The number of aromatic carboxylic acids is 1. The zero-order chi connectivity index (χ0) is 15.6. The second kappa shape index (κ2) is 5.45. The van der Waals surface area contributed by atoms with Gasteiger partial charge in [0.1, 0.15) is 5.69 Å². The van der Waals surface area contributed by atoms with Crippen LogP contribution in [0.2, 0.25) is 0 Å². The van der Waals surface area contributed by atoms with Gasteiger partial charge >= 0.3 is 5.97 Å². The SMILES string of the molecule is Cc1cc(NC(=O)c2cc([N+](=O)[O-])c[nH]2)ccc1C(=O)O. The lowest BCUT2D eigenvalue weighted by Gasteiger charge is -2.06. The first-order chi connectivity index (χ1) is 9.88. The van der Waals surface area contributed by atoms with Crippen molar-refractivity contribution in [2.45, 2.75) is 6.92 Å². The Balaban J connectivity index is 2.17. The number of nitrogens with zero attached hydrogens (tertiary/aromatic N) is 1. The zero-order valence-electron chi connectivity index (χ0n) is 10.9. The molecule has 3 N–H and O–H groups in total. The smallest absolute Gasteiger partial charge is 0.335 e. The van der Waals surface area contributed by atoms with Crippen molar-refractivity contribution in [3.63, 3.8) is 0 Å². The fourth-order valence-corrected chi connectivity index (χ4v) is 1.80. The van der Waals surface area contributed by atoms with Crippen molar-refractivity contribution in [3.8, 4) is 0 Å². The largest absolute Gasteiger partial charge is 0.478 e. The number of hydrogen-bond donors (Lipinski definition) is 3. The molecular weight excluding hydrogens is 278 g/mol. The first-order valence-electron chi connectivity index (χ1n) is 5.86. The van der Waals surface area contributed by atoms with Crippen molar-refractivity contribution in [1.82, 2.24) is 4.98 Å². The fraction of sp³-hybridized carbons (Fsp3) is 0.0769. The molecule has 0 bridgehead atoms. The van der Waals surface area contributed by atoms with Gasteiger partial charge in [-0.15, -0.1) is 0 Å². The van der Waals surface area contributed by atoms with Crippen LogP contribution in [-0.2, 0) is 0 Å². The topological polar surface area (TPSA) is 125 Å². The molecular formula is C13H11N3O5. The van der Waals surface area contributed by atoms with E-state index >= 15 is 0 Å². The quantitative estimate of drug-likeness (QED) is 0.587. The van der Waals surface area contributed by atoms with Gasteiger partial charge in [0.15, 0.2) is 0 Å². The van der Waals surface area contributed by atoms with Gasteiger partial charge in [-0.05, 0) is 30.7 Å². The number of aromatic nitrogens is 1. The Morgan fingerprint density at radius 1 is 1.33 bits per heavy atom. The number of carbonyl (C=O) groups is 2. The second-order valence-electron chi connectivity index (χ2n) is 4.32. The van der Waals surface area contributed by atoms with Crippen LogP contribution < -0.4 is 5.32 Å². The van der Waals surface area contributed by atoms with Crippen LogP contribution in [0.25, 0.3) is 0 Å². The minimum absolute atomic E-state index is 0.0432. The van der Waals surface area contributed by atoms with Crippen molar-refractivity contribution in [3.05, 3.63) is 57.4 Å². The average molecular weight is 289 g/mol. The van der Waals surface area contributed by atoms with Crippen LogP contribution in [0.3, 0.4) is 0 Å². The molecule has 1 amide bonds. The van der Waals surface area contributed by atoms with Crippen LogP contribution in [0.1, 0.15) is 26.4 Å². The fourth-order valence-electron chi connectivity index (χ4n) is 1.80. The van der Waals surface area contributed by atoms with E-state index in [2.05, 4.69) is 10.3 Å². The number of carboxylic acid groups (broad SMARTS) is 1. The Morgan fingerprint density at radius 2 is 2.05 bits per heavy atom. The van der Waals surface area contributed by atoms with Crippen molar-refractivity contribution >= 4 is 23.3 Å². The van der Waals surface area contributed by atoms with E-state index in [0.717, 1.165) is 12.3 Å². The molecule has 0 aliphatic heterocycles. The summed E-state index contributed by atoms with van der Waals surface area (Å²) in [6.07, 6.45) is 1.12. The molecule has 0 saturated carbocycles. The number of anilines is 1. The number of aryl methyl sites for hydroxylation is 1. The van der Waals surface area contributed by atoms with Crippen molar-refractivity contribution in [2.24, 2.45) is 0 Å². The number of H-pyrrole nitrogens is 1. The maximum absolute atomic E-state index is 11.9. The highest BCUT2D eigenvalue weighted by molar-refractivity contribution is 6.03. The third-order valence-corrected chi connectivity index (χ3v) is 2.84. The maximum atomic E-state index is 11.9. The van der Waals surface area contributed by atoms with Crippen LogP contribution in [0.15, 0.2) is 30.5 Å². The average Bonchev–Trinajstić information content (AvgIpc) is 2.88. The summed E-state index contributed by atoms with van der Waals surface area (Å²) in [6, 6.07) is 5.46. The van der Waals surface area contributed by atoms with Gasteiger partial charge in [0.2, 0.25) is 0 Å². The Morgan fingerprint density at radius 3 is 2.57 bits per heavy atom. The van der Waals surface area contributed by atoms with Crippen molar-refractivity contribution in [2.75, 3.05) is 5.32 Å². The summed E-state index contributed by atoms with van der Waals surface area (Å²) in [5.41, 5.74) is 0.875. The molecule has 108 valence electrons. The number of carboxylic acids is 1. The normalized spacial score (nSPS) is 10.1. The minimum atomic E-state index is -1.05. The monoisotopic (exact) mass is 289 g/mol. The van der Waals surface area contributed by atoms with E-state index in [-0.39, 0.29) is 16.9 Å². The maximum Gasteiger partial charge on any atom is 0.335 e. The number of benzene rings is 1. The number of hydrogen-bond acceptors (Lipinski definition) is 4. The molecule has 0 fully saturated rings. The predicted molar refractivity (Wildman–Crippen MR) is 73.5 cm³/mol. The van der Waals surface area contributed by atoms with Gasteiger partial charge < -0.3 is 15.4 Å². The molecule has 0 saturated heterocycles. The van der Waals surface area contributed by atoms with Gasteiger partial charge in [0.25, 0.3) is 11.6 Å². The molecule has 8 nitrogen and oxygen atoms in total. The van der Waals surface area contributed by atoms with Crippen molar-refractivity contribution in [1.29, 1.82) is 0 Å². The Hall–Kier alpha value is -3.16. The highest BCUT2D eigenvalue weighted by atomic mass is 16.6. The third-order valence-electron chi connectivity index (χ3n) is 2.84. The van der Waals surface area contributed by atoms with E-state index in [9.17, 15) is 19.7 Å². The van der Waals surface area contributed by atoms with Gasteiger partial charge in [-0.3, -0.25) is 14.9 Å². The lowest BCUT2D eigenvalue weighted by Crippen LogP contribution is -2.12. The summed E-state index contributed by atoms with van der Waals surface area (Å²) in [4.78, 5) is 35.2. The first-order valence-corrected chi connectivity index (χ1v) is 5.86. The van der Waals surface area contributed by atoms with E-state index < -0.39 is 16.8 Å².